The van der Waals surface area contributed by atoms with Crippen LogP contribution >= 0.6 is 0 Å². The Hall–Kier alpha value is -1.46. The van der Waals surface area contributed by atoms with Gasteiger partial charge in [0.2, 0.25) is 0 Å². The van der Waals surface area contributed by atoms with E-state index in [1.54, 1.807) is 0 Å². The third-order valence-electron chi connectivity index (χ3n) is 0.539. The van der Waals surface area contributed by atoms with Gasteiger partial charge in [-0.2, -0.15) is 0 Å². The minimum absolute atomic E-state index is 0.148. The largest absolute Gasteiger partial charge is 0.503 e. The molecule has 1 aliphatic heterocycles. The highest BCUT2D eigenvalue weighted by Crippen LogP contribution is 2.10. The summed E-state index contributed by atoms with van der Waals surface area (Å²) in [7, 11) is 0. The van der Waals surface area contributed by atoms with Gasteiger partial charge in [-0.15, -0.1) is 0 Å². The lowest BCUT2D eigenvalue weighted by atomic mass is 10.5. The van der Waals surface area contributed by atoms with E-state index in [4.69, 9.17) is 5.73 Å². The van der Waals surface area contributed by atoms with Crippen LogP contribution in [0.2, 0.25) is 0 Å². The summed E-state index contributed by atoms with van der Waals surface area (Å²) in [5.74, 6) is -0.713. The van der Waals surface area contributed by atoms with Crippen molar-refractivity contribution in [2.45, 2.75) is 0 Å². The Morgan fingerprint density at radius 1 is 1.38 bits per heavy atom. The molecule has 0 aromatic carbocycles. The summed E-state index contributed by atoms with van der Waals surface area (Å²) in [5.41, 5.74) is 4.71. The van der Waals surface area contributed by atoms with Gasteiger partial charge >= 0.3 is 12.1 Å². The van der Waals surface area contributed by atoms with Crippen molar-refractivity contribution < 1.29 is 4.79 Å². The molecule has 8 heavy (non-hydrogen) atoms. The summed E-state index contributed by atoms with van der Waals surface area (Å²) in [4.78, 5) is 10.1. The molecule has 0 unspecified atom stereocenters. The number of hydrogen-bond donors (Lipinski definition) is 1. The first-order valence-corrected chi connectivity index (χ1v) is 1.79. The number of primary amides is 1. The van der Waals surface area contributed by atoms with Crippen LogP contribution in [0.5, 0.6) is 0 Å². The summed E-state index contributed by atoms with van der Waals surface area (Å²) in [6.45, 7) is 0. The average molecular weight is 112 g/mol. The fourth-order valence-electron chi connectivity index (χ4n) is 0.243. The maximum absolute atomic E-state index is 10.1. The molecule has 0 saturated carbocycles. The zero-order chi connectivity index (χ0) is 5.98. The topological polar surface area (TPSA) is 92.5 Å². The van der Waals surface area contributed by atoms with E-state index in [9.17, 15) is 4.79 Å². The van der Waals surface area contributed by atoms with E-state index in [1.165, 1.54) is 0 Å². The molecule has 2 N–H and O–H groups in total. The summed E-state index contributed by atoms with van der Waals surface area (Å²) < 4.78 is 0. The molecule has 0 aromatic heterocycles. The second-order valence-corrected chi connectivity index (χ2v) is 1.07. The number of hydrogen-bond acceptors (Lipinski definition) is 5. The van der Waals surface area contributed by atoms with Crippen LogP contribution in [-0.4, -0.2) is 5.91 Å². The van der Waals surface area contributed by atoms with Gasteiger partial charge in [-0.25, -0.2) is 4.79 Å². The van der Waals surface area contributed by atoms with Gasteiger partial charge in [-0.1, -0.05) is 0 Å². The Kier molecular flexibility index (Phi) is 0.918. The molecule has 1 heterocycles. The SMILES string of the molecule is NC(=O)[C+]1N=NN=N1. The van der Waals surface area contributed by atoms with Crippen LogP contribution in [0.3, 0.4) is 0 Å². The van der Waals surface area contributed by atoms with E-state index < -0.39 is 5.91 Å². The highest BCUT2D eigenvalue weighted by atomic mass is 16.1. The van der Waals surface area contributed by atoms with Gasteiger partial charge in [-0.05, 0) is 0 Å². The predicted molar refractivity (Wildman–Crippen MR) is 22.1 cm³/mol. The maximum Gasteiger partial charge on any atom is 0.503 e. The Balaban J connectivity index is 2.62. The van der Waals surface area contributed by atoms with E-state index >= 15 is 0 Å². The van der Waals surface area contributed by atoms with E-state index in [1.807, 2.05) is 0 Å². The lowest BCUT2D eigenvalue weighted by Gasteiger charge is -1.68. The van der Waals surface area contributed by atoms with Crippen LogP contribution in [0, 0.1) is 6.17 Å². The summed E-state index contributed by atoms with van der Waals surface area (Å²) in [6.07, 6.45) is -0.148. The molecule has 0 fully saturated rings. The van der Waals surface area contributed by atoms with Crippen molar-refractivity contribution in [3.05, 3.63) is 6.17 Å². The number of amides is 1. The lowest BCUT2D eigenvalue weighted by molar-refractivity contribution is -0.116. The zero-order valence-electron chi connectivity index (χ0n) is 3.77. The molecule has 1 amide bonds. The molecule has 6 heteroatoms. The minimum atomic E-state index is -0.713. The first kappa shape index (κ1) is 4.69. The van der Waals surface area contributed by atoms with Crippen molar-refractivity contribution >= 4 is 5.91 Å². The number of nitrogens with two attached hydrogens (primary N) is 1. The van der Waals surface area contributed by atoms with E-state index in [0.29, 0.717) is 0 Å². The Morgan fingerprint density at radius 3 is 2.12 bits per heavy atom. The molecule has 40 valence electrons. The third-order valence-corrected chi connectivity index (χ3v) is 0.539. The van der Waals surface area contributed by atoms with Gasteiger partial charge in [0.25, 0.3) is 0 Å². The van der Waals surface area contributed by atoms with E-state index in [-0.39, 0.29) is 6.17 Å². The predicted octanol–water partition coefficient (Wildman–Crippen LogP) is -0.206. The molecular formula is C2H2N5O+. The molecule has 0 aliphatic carbocycles. The van der Waals surface area contributed by atoms with Crippen LogP contribution in [0.4, 0.5) is 0 Å². The average Bonchev–Trinajstić information content (AvgIpc) is 2.12. The summed E-state index contributed by atoms with van der Waals surface area (Å²) in [6, 6.07) is 0. The van der Waals surface area contributed by atoms with Crippen LogP contribution < -0.4 is 5.73 Å². The van der Waals surface area contributed by atoms with E-state index in [0.717, 1.165) is 0 Å². The van der Waals surface area contributed by atoms with Crippen molar-refractivity contribution in [1.29, 1.82) is 0 Å². The first-order valence-electron chi connectivity index (χ1n) is 1.79. The first-order chi connectivity index (χ1) is 3.80. The van der Waals surface area contributed by atoms with Gasteiger partial charge in [0.05, 0.1) is 10.2 Å². The number of carbonyl (C=O) groups excluding carboxylic acids is 1. The Morgan fingerprint density at radius 2 is 1.88 bits per heavy atom. The van der Waals surface area contributed by atoms with Crippen LogP contribution in [0.1, 0.15) is 0 Å². The summed E-state index contributed by atoms with van der Waals surface area (Å²) in [5, 5.41) is 12.4. The standard InChI is InChI=1S/C2HN5O/c3-1(8)2-4-6-7-5-2/h(H-,3,8)/p+1. The molecule has 0 bridgehead atoms. The van der Waals surface area contributed by atoms with Gasteiger partial charge in [0.1, 0.15) is 0 Å². The van der Waals surface area contributed by atoms with Crippen molar-refractivity contribution in [3.8, 4) is 0 Å². The van der Waals surface area contributed by atoms with Crippen molar-refractivity contribution in [2.24, 2.45) is 26.4 Å². The van der Waals surface area contributed by atoms with Crippen molar-refractivity contribution in [3.63, 3.8) is 0 Å². The summed E-state index contributed by atoms with van der Waals surface area (Å²) >= 11 is 0. The maximum atomic E-state index is 10.1. The normalized spacial score (nSPS) is 15.2. The van der Waals surface area contributed by atoms with Gasteiger partial charge < -0.3 is 5.73 Å². The second-order valence-electron chi connectivity index (χ2n) is 1.07. The van der Waals surface area contributed by atoms with E-state index in [2.05, 4.69) is 20.7 Å². The van der Waals surface area contributed by atoms with Crippen molar-refractivity contribution in [2.75, 3.05) is 0 Å². The smallest absolute Gasteiger partial charge is 0.324 e. The molecule has 1 aliphatic rings. The van der Waals surface area contributed by atoms with Gasteiger partial charge in [0.15, 0.2) is 0 Å². The zero-order valence-corrected chi connectivity index (χ0v) is 3.77. The fourth-order valence-corrected chi connectivity index (χ4v) is 0.243. The highest BCUT2D eigenvalue weighted by molar-refractivity contribution is 5.87. The third kappa shape index (κ3) is 0.625. The molecule has 6 nitrogen and oxygen atoms in total. The molecule has 0 saturated heterocycles. The number of nitrogens with zero attached hydrogens (tertiary/aromatic N) is 4. The van der Waals surface area contributed by atoms with Crippen molar-refractivity contribution in [1.82, 2.24) is 0 Å². The van der Waals surface area contributed by atoms with Crippen LogP contribution in [0.25, 0.3) is 0 Å². The minimum Gasteiger partial charge on any atom is -0.324 e. The highest BCUT2D eigenvalue weighted by Gasteiger charge is 2.34. The molecule has 1 rings (SSSR count). The number of rotatable bonds is 1. The number of carbonyl (C=O) groups is 1. The Labute approximate surface area is 44.5 Å². The molecular weight excluding hydrogens is 110 g/mol. The quantitative estimate of drug-likeness (QED) is 0.467. The lowest BCUT2D eigenvalue weighted by Crippen LogP contribution is -2.16. The van der Waals surface area contributed by atoms with Gasteiger partial charge in [-0.3, -0.25) is 0 Å². The molecule has 0 radical (unpaired) electrons. The van der Waals surface area contributed by atoms with Gasteiger partial charge in [0, 0.05) is 10.4 Å². The van der Waals surface area contributed by atoms with Crippen LogP contribution in [-0.2, 0) is 4.79 Å². The second kappa shape index (κ2) is 1.57. The molecule has 0 atom stereocenters. The molecule has 0 spiro atoms. The molecule has 0 aromatic rings. The van der Waals surface area contributed by atoms with Crippen LogP contribution in [0.15, 0.2) is 20.7 Å². The monoisotopic (exact) mass is 112 g/mol. The Bertz CT molecular complexity index is 148. The fraction of sp³-hybridized carbons (Fsp3) is 0.